The first-order chi connectivity index (χ1) is 9.06. The summed E-state index contributed by atoms with van der Waals surface area (Å²) in [6.07, 6.45) is 3.45. The van der Waals surface area contributed by atoms with Crippen LogP contribution in [-0.2, 0) is 6.54 Å². The van der Waals surface area contributed by atoms with Gasteiger partial charge >= 0.3 is 0 Å². The molecule has 19 heavy (non-hydrogen) atoms. The molecule has 0 bridgehead atoms. The van der Waals surface area contributed by atoms with Crippen molar-refractivity contribution in [3.63, 3.8) is 0 Å². The van der Waals surface area contributed by atoms with Gasteiger partial charge in [0.1, 0.15) is 11.0 Å². The number of nitrogens with one attached hydrogen (secondary N) is 1. The van der Waals surface area contributed by atoms with Crippen molar-refractivity contribution in [2.45, 2.75) is 13.5 Å². The number of rotatable bonds is 4. The fourth-order valence-corrected chi connectivity index (χ4v) is 1.75. The molecule has 98 valence electrons. The largest absolute Gasteiger partial charge is 0.366 e. The van der Waals surface area contributed by atoms with Crippen LogP contribution in [0.15, 0.2) is 30.6 Å². The van der Waals surface area contributed by atoms with Crippen molar-refractivity contribution >= 4 is 23.1 Å². The van der Waals surface area contributed by atoms with Crippen molar-refractivity contribution in [3.8, 4) is 0 Å². The minimum Gasteiger partial charge on any atom is -0.366 e. The van der Waals surface area contributed by atoms with E-state index in [1.54, 1.807) is 12.4 Å². The minimum absolute atomic E-state index is 0.0830. The summed E-state index contributed by atoms with van der Waals surface area (Å²) in [5.74, 6) is 0.363. The summed E-state index contributed by atoms with van der Waals surface area (Å²) in [6.45, 7) is 2.44. The van der Waals surface area contributed by atoms with Crippen LogP contribution < -0.4 is 5.32 Å². The van der Waals surface area contributed by atoms with E-state index in [-0.39, 0.29) is 10.8 Å². The number of hydrogen-bond acceptors (Lipinski definition) is 5. The number of hydrogen-bond donors (Lipinski definition) is 1. The maximum Gasteiger partial charge on any atom is 0.276 e. The zero-order valence-electron chi connectivity index (χ0n) is 10.1. The van der Waals surface area contributed by atoms with Crippen LogP contribution in [0.4, 0.5) is 11.5 Å². The third-order valence-corrected chi connectivity index (χ3v) is 2.79. The fraction of sp³-hybridized carbons (Fsp3) is 0.167. The quantitative estimate of drug-likeness (QED) is 0.528. The first-order valence-corrected chi connectivity index (χ1v) is 5.89. The molecule has 0 unspecified atom stereocenters. The van der Waals surface area contributed by atoms with Gasteiger partial charge < -0.3 is 5.32 Å². The Morgan fingerprint density at radius 3 is 2.95 bits per heavy atom. The summed E-state index contributed by atoms with van der Waals surface area (Å²) >= 11 is 5.74. The van der Waals surface area contributed by atoms with Gasteiger partial charge in [-0.15, -0.1) is 0 Å². The molecule has 1 N–H and O–H groups in total. The zero-order valence-corrected chi connectivity index (χ0v) is 10.9. The van der Waals surface area contributed by atoms with E-state index in [0.717, 1.165) is 11.1 Å². The number of nitro groups is 1. The second-order valence-electron chi connectivity index (χ2n) is 3.95. The van der Waals surface area contributed by atoms with Crippen molar-refractivity contribution in [3.05, 3.63) is 57.0 Å². The van der Waals surface area contributed by atoms with Gasteiger partial charge in [0, 0.05) is 18.9 Å². The zero-order chi connectivity index (χ0) is 13.8. The Labute approximate surface area is 114 Å². The van der Waals surface area contributed by atoms with Gasteiger partial charge in [-0.3, -0.25) is 15.1 Å². The average molecular weight is 279 g/mol. The van der Waals surface area contributed by atoms with Crippen LogP contribution >= 0.6 is 11.6 Å². The number of anilines is 1. The molecule has 0 spiro atoms. The molecule has 0 radical (unpaired) electrons. The van der Waals surface area contributed by atoms with Gasteiger partial charge in [0.25, 0.3) is 5.69 Å². The highest BCUT2D eigenvalue weighted by atomic mass is 35.5. The van der Waals surface area contributed by atoms with Crippen LogP contribution in [0.3, 0.4) is 0 Å². The molecule has 0 aliphatic carbocycles. The number of halogens is 1. The highest BCUT2D eigenvalue weighted by Crippen LogP contribution is 2.21. The number of pyridine rings is 2. The number of aryl methyl sites for hydroxylation is 1. The minimum atomic E-state index is -0.506. The summed E-state index contributed by atoms with van der Waals surface area (Å²) in [6, 6.07) is 4.45. The maximum atomic E-state index is 10.7. The molecule has 2 aromatic heterocycles. The molecule has 0 aliphatic rings. The van der Waals surface area contributed by atoms with Crippen molar-refractivity contribution in [2.24, 2.45) is 0 Å². The van der Waals surface area contributed by atoms with Crippen LogP contribution in [0, 0.1) is 17.0 Å². The topological polar surface area (TPSA) is 81.0 Å². The maximum absolute atomic E-state index is 10.7. The SMILES string of the molecule is Cc1ccncc1CNc1cc([N+](=O)[O-])cc(Cl)n1. The molecule has 2 aromatic rings. The van der Waals surface area contributed by atoms with Gasteiger partial charge in [-0.2, -0.15) is 0 Å². The monoisotopic (exact) mass is 278 g/mol. The van der Waals surface area contributed by atoms with E-state index in [9.17, 15) is 10.1 Å². The van der Waals surface area contributed by atoms with Gasteiger partial charge in [0.05, 0.1) is 17.1 Å². The van der Waals surface area contributed by atoms with Gasteiger partial charge in [-0.1, -0.05) is 11.6 Å². The van der Waals surface area contributed by atoms with Crippen molar-refractivity contribution < 1.29 is 4.92 Å². The summed E-state index contributed by atoms with van der Waals surface area (Å²) < 4.78 is 0. The summed E-state index contributed by atoms with van der Waals surface area (Å²) in [4.78, 5) is 18.2. The third kappa shape index (κ3) is 3.38. The molecule has 0 saturated heterocycles. The lowest BCUT2D eigenvalue weighted by Crippen LogP contribution is -2.04. The van der Waals surface area contributed by atoms with E-state index in [4.69, 9.17) is 11.6 Å². The van der Waals surface area contributed by atoms with E-state index in [2.05, 4.69) is 15.3 Å². The lowest BCUT2D eigenvalue weighted by atomic mass is 10.1. The number of nitrogens with zero attached hydrogens (tertiary/aromatic N) is 3. The first-order valence-electron chi connectivity index (χ1n) is 5.51. The van der Waals surface area contributed by atoms with Crippen molar-refractivity contribution in [1.82, 2.24) is 9.97 Å². The Bertz CT molecular complexity index is 618. The smallest absolute Gasteiger partial charge is 0.276 e. The van der Waals surface area contributed by atoms with Crippen LogP contribution in [-0.4, -0.2) is 14.9 Å². The van der Waals surface area contributed by atoms with Crippen LogP contribution in [0.5, 0.6) is 0 Å². The van der Waals surface area contributed by atoms with Crippen LogP contribution in [0.25, 0.3) is 0 Å². The molecule has 0 aromatic carbocycles. The van der Waals surface area contributed by atoms with Crippen molar-refractivity contribution in [1.29, 1.82) is 0 Å². The standard InChI is InChI=1S/C12H11ClN4O2/c1-8-2-3-14-6-9(8)7-15-12-5-10(17(18)19)4-11(13)16-12/h2-6H,7H2,1H3,(H,15,16). The molecule has 0 atom stereocenters. The fourth-order valence-electron chi connectivity index (χ4n) is 1.55. The molecule has 6 nitrogen and oxygen atoms in total. The van der Waals surface area contributed by atoms with E-state index < -0.39 is 4.92 Å². The first kappa shape index (κ1) is 13.2. The Hall–Kier alpha value is -2.21. The molecule has 7 heteroatoms. The molecule has 0 amide bonds. The van der Waals surface area contributed by atoms with Crippen LogP contribution in [0.2, 0.25) is 5.15 Å². The van der Waals surface area contributed by atoms with Gasteiger partial charge in [-0.05, 0) is 24.1 Å². The van der Waals surface area contributed by atoms with E-state index >= 15 is 0 Å². The second kappa shape index (κ2) is 5.62. The molecule has 2 heterocycles. The molecule has 0 fully saturated rings. The Balaban J connectivity index is 2.16. The van der Waals surface area contributed by atoms with Crippen molar-refractivity contribution in [2.75, 3.05) is 5.32 Å². The Morgan fingerprint density at radius 1 is 1.47 bits per heavy atom. The summed E-state index contributed by atoms with van der Waals surface area (Å²) in [5.41, 5.74) is 1.98. The summed E-state index contributed by atoms with van der Waals surface area (Å²) in [5, 5.41) is 13.8. The van der Waals surface area contributed by atoms with Crippen LogP contribution in [0.1, 0.15) is 11.1 Å². The van der Waals surface area contributed by atoms with E-state index in [1.165, 1.54) is 12.1 Å². The molecular formula is C12H11ClN4O2. The Morgan fingerprint density at radius 2 is 2.26 bits per heavy atom. The lowest BCUT2D eigenvalue weighted by molar-refractivity contribution is -0.384. The predicted molar refractivity (Wildman–Crippen MR) is 72.2 cm³/mol. The highest BCUT2D eigenvalue weighted by Gasteiger charge is 2.10. The van der Waals surface area contributed by atoms with E-state index in [1.807, 2.05) is 13.0 Å². The molecule has 0 saturated carbocycles. The van der Waals surface area contributed by atoms with Gasteiger partial charge in [-0.25, -0.2) is 4.98 Å². The number of aromatic nitrogens is 2. The Kier molecular flexibility index (Phi) is 3.91. The molecule has 0 aliphatic heterocycles. The highest BCUT2D eigenvalue weighted by molar-refractivity contribution is 6.29. The molecule has 2 rings (SSSR count). The van der Waals surface area contributed by atoms with E-state index in [0.29, 0.717) is 12.4 Å². The van der Waals surface area contributed by atoms with Gasteiger partial charge in [0.15, 0.2) is 0 Å². The normalized spacial score (nSPS) is 10.2. The average Bonchev–Trinajstić information content (AvgIpc) is 2.37. The molecular weight excluding hydrogens is 268 g/mol. The second-order valence-corrected chi connectivity index (χ2v) is 4.33. The predicted octanol–water partition coefficient (Wildman–Crippen LogP) is 2.96. The third-order valence-electron chi connectivity index (χ3n) is 2.60. The lowest BCUT2D eigenvalue weighted by Gasteiger charge is -2.07. The summed E-state index contributed by atoms with van der Waals surface area (Å²) in [7, 11) is 0. The van der Waals surface area contributed by atoms with Gasteiger partial charge in [0.2, 0.25) is 0 Å².